The molecule has 1 amide bonds. The predicted octanol–water partition coefficient (Wildman–Crippen LogP) is 5.43. The topological polar surface area (TPSA) is 38.3 Å². The van der Waals surface area contributed by atoms with Crippen LogP contribution in [0.4, 0.5) is 5.69 Å². The van der Waals surface area contributed by atoms with Crippen LogP contribution in [0.15, 0.2) is 40.9 Å². The Morgan fingerprint density at radius 1 is 1.17 bits per heavy atom. The number of ether oxygens (including phenoxy) is 1. The lowest BCUT2D eigenvalue weighted by molar-refractivity contribution is -0.118. The molecule has 0 aromatic heterocycles. The zero-order valence-electron chi connectivity index (χ0n) is 14.5. The summed E-state index contributed by atoms with van der Waals surface area (Å²) in [4.78, 5) is 12.1. The van der Waals surface area contributed by atoms with E-state index in [0.717, 1.165) is 27.9 Å². The lowest BCUT2D eigenvalue weighted by atomic mass is 10.1. The number of nitrogens with one attached hydrogen (secondary N) is 1. The molecule has 2 rings (SSSR count). The molecule has 0 aliphatic carbocycles. The van der Waals surface area contributed by atoms with Crippen molar-refractivity contribution in [1.82, 2.24) is 0 Å². The van der Waals surface area contributed by atoms with Gasteiger partial charge >= 0.3 is 0 Å². The normalized spacial score (nSPS) is 10.5. The van der Waals surface area contributed by atoms with Gasteiger partial charge in [-0.25, -0.2) is 0 Å². The monoisotopic (exact) mass is 389 g/mol. The third kappa shape index (κ3) is 5.38. The fraction of sp³-hybridized carbons (Fsp3) is 0.350. The first-order valence-electron chi connectivity index (χ1n) is 8.28. The van der Waals surface area contributed by atoms with Gasteiger partial charge in [0.25, 0.3) is 5.91 Å². The van der Waals surface area contributed by atoms with Gasteiger partial charge in [0.2, 0.25) is 0 Å². The molecular weight excluding hydrogens is 366 g/mol. The van der Waals surface area contributed by atoms with E-state index in [0.29, 0.717) is 0 Å². The zero-order valence-corrected chi connectivity index (χ0v) is 16.1. The second kappa shape index (κ2) is 8.88. The van der Waals surface area contributed by atoms with Crippen molar-refractivity contribution in [2.45, 2.75) is 40.0 Å². The van der Waals surface area contributed by atoms with E-state index in [1.165, 1.54) is 24.0 Å². The van der Waals surface area contributed by atoms with Crippen LogP contribution < -0.4 is 10.1 Å². The van der Waals surface area contributed by atoms with Crippen LogP contribution in [0, 0.1) is 13.8 Å². The van der Waals surface area contributed by atoms with E-state index in [9.17, 15) is 4.79 Å². The van der Waals surface area contributed by atoms with Crippen molar-refractivity contribution in [2.24, 2.45) is 0 Å². The van der Waals surface area contributed by atoms with Crippen molar-refractivity contribution >= 4 is 27.5 Å². The summed E-state index contributed by atoms with van der Waals surface area (Å²) in [7, 11) is 0. The molecule has 0 radical (unpaired) electrons. The third-order valence-corrected chi connectivity index (χ3v) is 4.47. The van der Waals surface area contributed by atoms with Gasteiger partial charge in [0, 0.05) is 4.47 Å². The summed E-state index contributed by atoms with van der Waals surface area (Å²) in [5.74, 6) is 0.571. The molecule has 0 saturated heterocycles. The van der Waals surface area contributed by atoms with Crippen LogP contribution in [0.25, 0.3) is 0 Å². The highest BCUT2D eigenvalue weighted by Crippen LogP contribution is 2.25. The number of aryl methyl sites for hydroxylation is 3. The van der Waals surface area contributed by atoms with Crippen LogP contribution >= 0.6 is 15.9 Å². The highest BCUT2D eigenvalue weighted by molar-refractivity contribution is 9.10. The fourth-order valence-electron chi connectivity index (χ4n) is 2.49. The van der Waals surface area contributed by atoms with Crippen molar-refractivity contribution in [3.05, 3.63) is 57.6 Å². The summed E-state index contributed by atoms with van der Waals surface area (Å²) in [5.41, 5.74) is 4.25. The van der Waals surface area contributed by atoms with Crippen molar-refractivity contribution in [1.29, 1.82) is 0 Å². The average molecular weight is 390 g/mol. The Kier molecular flexibility index (Phi) is 6.85. The molecule has 2 aromatic rings. The molecule has 0 bridgehead atoms. The van der Waals surface area contributed by atoms with Crippen LogP contribution in [0.2, 0.25) is 0 Å². The van der Waals surface area contributed by atoms with Crippen LogP contribution in [0.1, 0.15) is 36.5 Å². The van der Waals surface area contributed by atoms with Gasteiger partial charge in [-0.1, -0.05) is 37.1 Å². The molecule has 0 heterocycles. The van der Waals surface area contributed by atoms with Gasteiger partial charge in [-0.3, -0.25) is 4.79 Å². The highest BCUT2D eigenvalue weighted by Gasteiger charge is 2.08. The Hall–Kier alpha value is -1.81. The molecule has 3 nitrogen and oxygen atoms in total. The summed E-state index contributed by atoms with van der Waals surface area (Å²) in [5, 5.41) is 2.88. The highest BCUT2D eigenvalue weighted by atomic mass is 79.9. The number of benzene rings is 2. The summed E-state index contributed by atoms with van der Waals surface area (Å²) >= 11 is 3.53. The molecule has 0 saturated carbocycles. The predicted molar refractivity (Wildman–Crippen MR) is 103 cm³/mol. The van der Waals surface area contributed by atoms with E-state index in [1.54, 1.807) is 0 Å². The summed E-state index contributed by atoms with van der Waals surface area (Å²) < 4.78 is 6.51. The first-order chi connectivity index (χ1) is 11.5. The molecule has 1 N–H and O–H groups in total. The number of anilines is 1. The summed E-state index contributed by atoms with van der Waals surface area (Å²) in [6.45, 7) is 6.18. The van der Waals surface area contributed by atoms with E-state index >= 15 is 0 Å². The van der Waals surface area contributed by atoms with E-state index in [2.05, 4.69) is 40.3 Å². The maximum atomic E-state index is 12.1. The van der Waals surface area contributed by atoms with Crippen molar-refractivity contribution in [2.75, 3.05) is 11.9 Å². The Balaban J connectivity index is 1.92. The molecule has 0 aliphatic heterocycles. The molecule has 0 unspecified atom stereocenters. The van der Waals surface area contributed by atoms with E-state index in [4.69, 9.17) is 4.74 Å². The maximum absolute atomic E-state index is 12.1. The quantitative estimate of drug-likeness (QED) is 0.685. The number of rotatable bonds is 7. The molecular formula is C20H24BrNO2. The Morgan fingerprint density at radius 2 is 1.96 bits per heavy atom. The van der Waals surface area contributed by atoms with Crippen molar-refractivity contribution in [3.63, 3.8) is 0 Å². The molecule has 0 aliphatic rings. The molecule has 0 fully saturated rings. The molecule has 0 spiro atoms. The van der Waals surface area contributed by atoms with Gasteiger partial charge in [-0.05, 0) is 71.9 Å². The third-order valence-electron chi connectivity index (χ3n) is 3.82. The second-order valence-corrected chi connectivity index (χ2v) is 6.88. The number of hydrogen-bond acceptors (Lipinski definition) is 2. The minimum Gasteiger partial charge on any atom is -0.483 e. The van der Waals surface area contributed by atoms with Gasteiger partial charge < -0.3 is 10.1 Å². The molecule has 0 atom stereocenters. The number of carbonyl (C=O) groups is 1. The molecule has 24 heavy (non-hydrogen) atoms. The zero-order chi connectivity index (χ0) is 17.5. The Labute approximate surface area is 152 Å². The number of unbranched alkanes of at least 4 members (excludes halogenated alkanes) is 1. The van der Waals surface area contributed by atoms with Crippen LogP contribution in [0.3, 0.4) is 0 Å². The standard InChI is InChI=1S/C20H24BrNO2/c1-4-5-6-16-8-9-18(17(21)12-16)22-20(23)13-24-19-10-7-14(2)11-15(19)3/h7-12H,4-6,13H2,1-3H3,(H,22,23). The summed E-state index contributed by atoms with van der Waals surface area (Å²) in [6, 6.07) is 12.0. The van der Waals surface area contributed by atoms with Crippen molar-refractivity contribution < 1.29 is 9.53 Å². The fourth-order valence-corrected chi connectivity index (χ4v) is 3.01. The number of carbonyl (C=O) groups excluding carboxylic acids is 1. The van der Waals surface area contributed by atoms with E-state index < -0.39 is 0 Å². The minimum atomic E-state index is -0.169. The van der Waals surface area contributed by atoms with Gasteiger partial charge in [0.1, 0.15) is 5.75 Å². The Bertz CT molecular complexity index is 713. The first kappa shape index (κ1) is 18.5. The van der Waals surface area contributed by atoms with Crippen LogP contribution in [0.5, 0.6) is 5.75 Å². The molecule has 4 heteroatoms. The smallest absolute Gasteiger partial charge is 0.262 e. The maximum Gasteiger partial charge on any atom is 0.262 e. The van der Waals surface area contributed by atoms with Gasteiger partial charge in [-0.2, -0.15) is 0 Å². The Morgan fingerprint density at radius 3 is 2.62 bits per heavy atom. The lowest BCUT2D eigenvalue weighted by Gasteiger charge is -2.12. The minimum absolute atomic E-state index is 0.00602. The average Bonchev–Trinajstić information content (AvgIpc) is 2.54. The molecule has 2 aromatic carbocycles. The van der Waals surface area contributed by atoms with Gasteiger partial charge in [0.05, 0.1) is 5.69 Å². The summed E-state index contributed by atoms with van der Waals surface area (Å²) in [6.07, 6.45) is 3.40. The van der Waals surface area contributed by atoms with Crippen molar-refractivity contribution in [3.8, 4) is 5.75 Å². The lowest BCUT2D eigenvalue weighted by Crippen LogP contribution is -2.20. The number of halogens is 1. The van der Waals surface area contributed by atoms with Crippen LogP contribution in [-0.2, 0) is 11.2 Å². The van der Waals surface area contributed by atoms with E-state index in [1.807, 2.05) is 38.1 Å². The van der Waals surface area contributed by atoms with E-state index in [-0.39, 0.29) is 12.5 Å². The van der Waals surface area contributed by atoms with Gasteiger partial charge in [-0.15, -0.1) is 0 Å². The first-order valence-corrected chi connectivity index (χ1v) is 9.07. The SMILES string of the molecule is CCCCc1ccc(NC(=O)COc2ccc(C)cc2C)c(Br)c1. The second-order valence-electron chi connectivity index (χ2n) is 6.02. The largest absolute Gasteiger partial charge is 0.483 e. The van der Waals surface area contributed by atoms with Gasteiger partial charge in [0.15, 0.2) is 6.61 Å². The number of amides is 1. The van der Waals surface area contributed by atoms with Crippen LogP contribution in [-0.4, -0.2) is 12.5 Å². The molecule has 128 valence electrons. The number of hydrogen-bond donors (Lipinski definition) is 1.